The summed E-state index contributed by atoms with van der Waals surface area (Å²) in [6.07, 6.45) is 1.79. The van der Waals surface area contributed by atoms with Crippen LogP contribution in [0.2, 0.25) is 0 Å². The lowest BCUT2D eigenvalue weighted by Crippen LogP contribution is -2.18. The van der Waals surface area contributed by atoms with Crippen molar-refractivity contribution in [3.05, 3.63) is 52.3 Å². The maximum atomic E-state index is 6.35. The first-order valence-corrected chi connectivity index (χ1v) is 5.82. The second kappa shape index (κ2) is 4.34. The Morgan fingerprint density at radius 1 is 1.18 bits per heavy atom. The number of hydrogen-bond donors (Lipinski definition) is 1. The van der Waals surface area contributed by atoms with Crippen molar-refractivity contribution < 1.29 is 0 Å². The van der Waals surface area contributed by atoms with Gasteiger partial charge in [-0.2, -0.15) is 5.10 Å². The highest BCUT2D eigenvalue weighted by molar-refractivity contribution is 5.42. The van der Waals surface area contributed by atoms with Gasteiger partial charge in [0.2, 0.25) is 0 Å². The van der Waals surface area contributed by atoms with Crippen molar-refractivity contribution in [2.75, 3.05) is 0 Å². The van der Waals surface area contributed by atoms with Crippen molar-refractivity contribution >= 4 is 0 Å². The Labute approximate surface area is 102 Å². The third-order valence-corrected chi connectivity index (χ3v) is 3.23. The van der Waals surface area contributed by atoms with Gasteiger partial charge in [0.15, 0.2) is 0 Å². The van der Waals surface area contributed by atoms with Gasteiger partial charge in [-0.15, -0.1) is 0 Å². The second-order valence-electron chi connectivity index (χ2n) is 4.67. The third-order valence-electron chi connectivity index (χ3n) is 3.23. The van der Waals surface area contributed by atoms with Crippen LogP contribution < -0.4 is 5.73 Å². The minimum absolute atomic E-state index is 0.108. The van der Waals surface area contributed by atoms with Crippen molar-refractivity contribution in [3.63, 3.8) is 0 Å². The van der Waals surface area contributed by atoms with E-state index in [-0.39, 0.29) is 6.04 Å². The Bertz CT molecular complexity index is 517. The molecule has 2 aromatic rings. The topological polar surface area (TPSA) is 43.8 Å². The van der Waals surface area contributed by atoms with E-state index in [0.717, 1.165) is 5.69 Å². The number of benzene rings is 1. The highest BCUT2D eigenvalue weighted by atomic mass is 15.3. The van der Waals surface area contributed by atoms with Crippen LogP contribution in [0.15, 0.2) is 24.4 Å². The van der Waals surface area contributed by atoms with Gasteiger partial charge in [0.25, 0.3) is 0 Å². The Hall–Kier alpha value is -1.61. The second-order valence-corrected chi connectivity index (χ2v) is 4.67. The molecule has 2 N–H and O–H groups in total. The summed E-state index contributed by atoms with van der Waals surface area (Å²) in [6.45, 7) is 6.34. The summed E-state index contributed by atoms with van der Waals surface area (Å²) in [7, 11) is 1.92. The molecule has 2 rings (SSSR count). The molecule has 0 bridgehead atoms. The van der Waals surface area contributed by atoms with Gasteiger partial charge in [0, 0.05) is 13.2 Å². The SMILES string of the molecule is Cc1cc(C)c(C(N)c2ccnn2C)c(C)c1. The molecule has 0 radical (unpaired) electrons. The fourth-order valence-corrected chi connectivity index (χ4v) is 2.52. The third kappa shape index (κ3) is 2.11. The van der Waals surface area contributed by atoms with E-state index in [0.29, 0.717) is 0 Å². The van der Waals surface area contributed by atoms with Crippen molar-refractivity contribution in [1.29, 1.82) is 0 Å². The smallest absolute Gasteiger partial charge is 0.0728 e. The van der Waals surface area contributed by atoms with Gasteiger partial charge in [-0.05, 0) is 43.5 Å². The molecular formula is C14H19N3. The van der Waals surface area contributed by atoms with Crippen LogP contribution in [0.25, 0.3) is 0 Å². The number of hydrogen-bond acceptors (Lipinski definition) is 2. The summed E-state index contributed by atoms with van der Waals surface area (Å²) < 4.78 is 1.84. The molecule has 1 heterocycles. The Morgan fingerprint density at radius 2 is 1.76 bits per heavy atom. The summed E-state index contributed by atoms with van der Waals surface area (Å²) in [5.74, 6) is 0. The molecule has 1 unspecified atom stereocenters. The molecule has 0 aliphatic rings. The first kappa shape index (κ1) is 11.9. The van der Waals surface area contributed by atoms with Crippen LogP contribution in [-0.2, 0) is 7.05 Å². The van der Waals surface area contributed by atoms with E-state index in [2.05, 4.69) is 38.0 Å². The summed E-state index contributed by atoms with van der Waals surface area (Å²) in [6, 6.07) is 6.23. The molecule has 1 aromatic carbocycles. The lowest BCUT2D eigenvalue weighted by Gasteiger charge is -2.18. The van der Waals surface area contributed by atoms with E-state index in [9.17, 15) is 0 Å². The van der Waals surface area contributed by atoms with E-state index in [1.807, 2.05) is 17.8 Å². The highest BCUT2D eigenvalue weighted by Gasteiger charge is 2.16. The molecule has 1 atom stereocenters. The average molecular weight is 229 g/mol. The normalized spacial score (nSPS) is 12.8. The maximum absolute atomic E-state index is 6.35. The first-order valence-electron chi connectivity index (χ1n) is 5.82. The van der Waals surface area contributed by atoms with Crippen molar-refractivity contribution in [1.82, 2.24) is 9.78 Å². The average Bonchev–Trinajstić information content (AvgIpc) is 2.62. The minimum Gasteiger partial charge on any atom is -0.319 e. The zero-order chi connectivity index (χ0) is 12.6. The highest BCUT2D eigenvalue weighted by Crippen LogP contribution is 2.26. The van der Waals surface area contributed by atoms with Crippen LogP contribution in [0, 0.1) is 20.8 Å². The molecule has 0 aliphatic carbocycles. The van der Waals surface area contributed by atoms with Crippen molar-refractivity contribution in [2.45, 2.75) is 26.8 Å². The quantitative estimate of drug-likeness (QED) is 0.859. The van der Waals surface area contributed by atoms with E-state index in [1.54, 1.807) is 6.20 Å². The van der Waals surface area contributed by atoms with Gasteiger partial charge in [0.05, 0.1) is 11.7 Å². The fourth-order valence-electron chi connectivity index (χ4n) is 2.52. The zero-order valence-electron chi connectivity index (χ0n) is 10.9. The first-order chi connectivity index (χ1) is 8.00. The van der Waals surface area contributed by atoms with Gasteiger partial charge in [0.1, 0.15) is 0 Å². The van der Waals surface area contributed by atoms with Gasteiger partial charge in [-0.3, -0.25) is 4.68 Å². The molecule has 1 aromatic heterocycles. The van der Waals surface area contributed by atoms with Crippen LogP contribution in [0.5, 0.6) is 0 Å². The minimum atomic E-state index is -0.108. The molecule has 17 heavy (non-hydrogen) atoms. The van der Waals surface area contributed by atoms with Crippen molar-refractivity contribution in [2.24, 2.45) is 12.8 Å². The van der Waals surface area contributed by atoms with Crippen LogP contribution in [0.1, 0.15) is 34.0 Å². The molecule has 0 fully saturated rings. The van der Waals surface area contributed by atoms with E-state index < -0.39 is 0 Å². The predicted molar refractivity (Wildman–Crippen MR) is 69.9 cm³/mol. The Kier molecular flexibility index (Phi) is 3.03. The number of rotatable bonds is 2. The lowest BCUT2D eigenvalue weighted by molar-refractivity contribution is 0.669. The van der Waals surface area contributed by atoms with E-state index in [4.69, 9.17) is 5.73 Å². The summed E-state index contributed by atoms with van der Waals surface area (Å²) in [5.41, 5.74) is 12.4. The van der Waals surface area contributed by atoms with Crippen LogP contribution in [-0.4, -0.2) is 9.78 Å². The molecule has 90 valence electrons. The molecule has 0 spiro atoms. The van der Waals surface area contributed by atoms with E-state index >= 15 is 0 Å². The fraction of sp³-hybridized carbons (Fsp3) is 0.357. The van der Waals surface area contributed by atoms with Gasteiger partial charge in [-0.25, -0.2) is 0 Å². The largest absolute Gasteiger partial charge is 0.319 e. The van der Waals surface area contributed by atoms with Gasteiger partial charge in [-0.1, -0.05) is 17.7 Å². The van der Waals surface area contributed by atoms with Crippen LogP contribution in [0.4, 0.5) is 0 Å². The Morgan fingerprint density at radius 3 is 2.24 bits per heavy atom. The number of nitrogens with zero attached hydrogens (tertiary/aromatic N) is 2. The van der Waals surface area contributed by atoms with Gasteiger partial charge >= 0.3 is 0 Å². The molecule has 0 aliphatic heterocycles. The summed E-state index contributed by atoms with van der Waals surface area (Å²) >= 11 is 0. The predicted octanol–water partition coefficient (Wildman–Crippen LogP) is 2.39. The standard InChI is InChI=1S/C14H19N3/c1-9-7-10(2)13(11(3)8-9)14(15)12-5-6-16-17(12)4/h5-8,14H,15H2,1-4H3. The number of nitrogens with two attached hydrogens (primary N) is 1. The number of aromatic nitrogens is 2. The van der Waals surface area contributed by atoms with Crippen LogP contribution in [0.3, 0.4) is 0 Å². The maximum Gasteiger partial charge on any atom is 0.0728 e. The Balaban J connectivity index is 2.51. The molecule has 3 heteroatoms. The molecular weight excluding hydrogens is 210 g/mol. The van der Waals surface area contributed by atoms with Gasteiger partial charge < -0.3 is 5.73 Å². The molecule has 3 nitrogen and oxygen atoms in total. The summed E-state index contributed by atoms with van der Waals surface area (Å²) in [5, 5.41) is 4.18. The summed E-state index contributed by atoms with van der Waals surface area (Å²) in [4.78, 5) is 0. The lowest BCUT2D eigenvalue weighted by atomic mass is 9.93. The monoisotopic (exact) mass is 229 g/mol. The zero-order valence-corrected chi connectivity index (χ0v) is 10.9. The molecule has 0 saturated heterocycles. The molecule has 0 amide bonds. The van der Waals surface area contributed by atoms with Crippen LogP contribution >= 0.6 is 0 Å². The molecule has 0 saturated carbocycles. The van der Waals surface area contributed by atoms with E-state index in [1.165, 1.54) is 22.3 Å². The van der Waals surface area contributed by atoms with Crippen molar-refractivity contribution in [3.8, 4) is 0 Å². The number of aryl methyl sites for hydroxylation is 4.